The van der Waals surface area contributed by atoms with Crippen LogP contribution in [-0.2, 0) is 16.1 Å². The zero-order valence-corrected chi connectivity index (χ0v) is 11.0. The molecule has 0 aliphatic rings. The Hall–Kier alpha value is -2.10. The second kappa shape index (κ2) is 6.18. The van der Waals surface area contributed by atoms with Crippen molar-refractivity contribution < 1.29 is 9.53 Å². The van der Waals surface area contributed by atoms with Crippen LogP contribution in [0.1, 0.15) is 19.8 Å². The summed E-state index contributed by atoms with van der Waals surface area (Å²) in [6.45, 7) is 2.63. The van der Waals surface area contributed by atoms with Crippen LogP contribution in [-0.4, -0.2) is 17.1 Å². The number of para-hydroxylation sites is 1. The maximum atomic E-state index is 11.7. The maximum absolute atomic E-state index is 11.7. The van der Waals surface area contributed by atoms with Gasteiger partial charge in [0.25, 0.3) is 0 Å². The molecule has 0 amide bonds. The molecule has 0 aliphatic carbocycles. The van der Waals surface area contributed by atoms with Crippen LogP contribution in [0.5, 0.6) is 0 Å². The Bertz CT molecular complexity index is 631. The highest BCUT2D eigenvalue weighted by Crippen LogP contribution is 2.09. The molecule has 1 aromatic heterocycles. The van der Waals surface area contributed by atoms with Crippen LogP contribution < -0.4 is 5.43 Å². The largest absolute Gasteiger partial charge is 0.464 e. The molecule has 0 atom stereocenters. The van der Waals surface area contributed by atoms with Gasteiger partial charge < -0.3 is 9.30 Å². The Morgan fingerprint density at radius 1 is 1.26 bits per heavy atom. The molecule has 19 heavy (non-hydrogen) atoms. The first-order valence-corrected chi connectivity index (χ1v) is 6.46. The monoisotopic (exact) mass is 259 g/mol. The molecule has 4 heteroatoms. The molecule has 0 saturated heterocycles. The van der Waals surface area contributed by atoms with Gasteiger partial charge in [0.1, 0.15) is 6.54 Å². The fourth-order valence-corrected chi connectivity index (χ4v) is 1.91. The fraction of sp³-hybridized carbons (Fsp3) is 0.333. The first-order valence-electron chi connectivity index (χ1n) is 6.46. The summed E-state index contributed by atoms with van der Waals surface area (Å²) < 4.78 is 6.87. The number of aromatic nitrogens is 1. The highest BCUT2D eigenvalue weighted by atomic mass is 16.5. The van der Waals surface area contributed by atoms with E-state index in [-0.39, 0.29) is 17.9 Å². The summed E-state index contributed by atoms with van der Waals surface area (Å²) in [7, 11) is 0. The lowest BCUT2D eigenvalue weighted by Crippen LogP contribution is -2.16. The van der Waals surface area contributed by atoms with Crippen molar-refractivity contribution in [1.82, 2.24) is 4.57 Å². The molecule has 2 aromatic rings. The molecule has 100 valence electrons. The minimum atomic E-state index is -0.276. The van der Waals surface area contributed by atoms with Crippen molar-refractivity contribution in [2.24, 2.45) is 0 Å². The average molecular weight is 259 g/mol. The second-order valence-corrected chi connectivity index (χ2v) is 4.40. The number of fused-ring (bicyclic) bond motifs is 1. The molecule has 4 nitrogen and oxygen atoms in total. The molecule has 0 radical (unpaired) electrons. The molecule has 0 spiro atoms. The van der Waals surface area contributed by atoms with Crippen LogP contribution in [0.2, 0.25) is 0 Å². The average Bonchev–Trinajstić information content (AvgIpc) is 2.43. The van der Waals surface area contributed by atoms with Gasteiger partial charge in [-0.1, -0.05) is 25.5 Å². The number of carbonyl (C=O) groups is 1. The van der Waals surface area contributed by atoms with Gasteiger partial charge in [0.2, 0.25) is 0 Å². The van der Waals surface area contributed by atoms with Crippen LogP contribution in [0.25, 0.3) is 10.9 Å². The number of esters is 1. The molecule has 0 fully saturated rings. The third-order valence-corrected chi connectivity index (χ3v) is 2.95. The Morgan fingerprint density at radius 3 is 2.84 bits per heavy atom. The molecule has 1 aromatic carbocycles. The minimum Gasteiger partial charge on any atom is -0.464 e. The third kappa shape index (κ3) is 3.22. The number of nitrogens with zero attached hydrogens (tertiary/aromatic N) is 1. The number of hydrogen-bond acceptors (Lipinski definition) is 3. The molecule has 0 unspecified atom stereocenters. The lowest BCUT2D eigenvalue weighted by molar-refractivity contribution is -0.144. The maximum Gasteiger partial charge on any atom is 0.325 e. The van der Waals surface area contributed by atoms with Crippen molar-refractivity contribution in [2.75, 3.05) is 6.61 Å². The standard InChI is InChI=1S/C15H17NO3/c1-2-3-10-19-15(18)11-16-9-8-14(17)12-6-4-5-7-13(12)16/h4-9H,2-3,10-11H2,1H3. The first kappa shape index (κ1) is 13.3. The first-order chi connectivity index (χ1) is 9.22. The van der Waals surface area contributed by atoms with Gasteiger partial charge in [0.05, 0.1) is 12.1 Å². The zero-order chi connectivity index (χ0) is 13.7. The van der Waals surface area contributed by atoms with Crippen molar-refractivity contribution >= 4 is 16.9 Å². The SMILES string of the molecule is CCCCOC(=O)Cn1ccc(=O)c2ccccc21. The molecule has 1 heterocycles. The lowest BCUT2D eigenvalue weighted by Gasteiger charge is -2.10. The van der Waals surface area contributed by atoms with Gasteiger partial charge >= 0.3 is 5.97 Å². The van der Waals surface area contributed by atoms with Gasteiger partial charge in [0, 0.05) is 17.6 Å². The number of rotatable bonds is 5. The third-order valence-electron chi connectivity index (χ3n) is 2.95. The van der Waals surface area contributed by atoms with E-state index in [1.54, 1.807) is 16.8 Å². The van der Waals surface area contributed by atoms with Gasteiger partial charge in [-0.3, -0.25) is 9.59 Å². The van der Waals surface area contributed by atoms with E-state index in [1.165, 1.54) is 6.07 Å². The molecule has 0 bridgehead atoms. The quantitative estimate of drug-likeness (QED) is 0.611. The van der Waals surface area contributed by atoms with Gasteiger partial charge in [-0.25, -0.2) is 0 Å². The molecule has 0 aliphatic heterocycles. The Labute approximate surface area is 111 Å². The topological polar surface area (TPSA) is 48.3 Å². The van der Waals surface area contributed by atoms with Crippen LogP contribution in [0, 0.1) is 0 Å². The van der Waals surface area contributed by atoms with Gasteiger partial charge in [-0.05, 0) is 18.6 Å². The number of pyridine rings is 1. The zero-order valence-electron chi connectivity index (χ0n) is 11.0. The molecule has 0 saturated carbocycles. The van der Waals surface area contributed by atoms with Gasteiger partial charge in [-0.2, -0.15) is 0 Å². The number of carbonyl (C=O) groups excluding carboxylic acids is 1. The summed E-state index contributed by atoms with van der Waals surface area (Å²) in [5.41, 5.74) is 0.716. The Kier molecular flexibility index (Phi) is 4.34. The predicted octanol–water partition coefficient (Wildman–Crippen LogP) is 2.34. The van der Waals surface area contributed by atoms with E-state index < -0.39 is 0 Å². The molecule has 2 rings (SSSR count). The fourth-order valence-electron chi connectivity index (χ4n) is 1.91. The van der Waals surface area contributed by atoms with Crippen LogP contribution in [0.3, 0.4) is 0 Å². The number of benzene rings is 1. The van der Waals surface area contributed by atoms with Gasteiger partial charge in [0.15, 0.2) is 5.43 Å². The summed E-state index contributed by atoms with van der Waals surface area (Å²) in [4.78, 5) is 23.4. The highest BCUT2D eigenvalue weighted by molar-refractivity contribution is 5.80. The molecule has 0 N–H and O–H groups in total. The number of ether oxygens (including phenoxy) is 1. The predicted molar refractivity (Wildman–Crippen MR) is 74.1 cm³/mol. The van der Waals surface area contributed by atoms with E-state index in [0.717, 1.165) is 18.4 Å². The van der Waals surface area contributed by atoms with Gasteiger partial charge in [-0.15, -0.1) is 0 Å². The lowest BCUT2D eigenvalue weighted by atomic mass is 10.2. The van der Waals surface area contributed by atoms with Crippen molar-refractivity contribution in [2.45, 2.75) is 26.3 Å². The Balaban J connectivity index is 2.19. The number of unbranched alkanes of at least 4 members (excludes halogenated alkanes) is 1. The summed E-state index contributed by atoms with van der Waals surface area (Å²) in [5, 5.41) is 0.617. The van der Waals surface area contributed by atoms with Crippen LogP contribution >= 0.6 is 0 Å². The highest BCUT2D eigenvalue weighted by Gasteiger charge is 2.07. The van der Waals surface area contributed by atoms with E-state index in [0.29, 0.717) is 12.0 Å². The van der Waals surface area contributed by atoms with Crippen molar-refractivity contribution in [1.29, 1.82) is 0 Å². The van der Waals surface area contributed by atoms with Crippen LogP contribution in [0.4, 0.5) is 0 Å². The van der Waals surface area contributed by atoms with E-state index in [1.807, 2.05) is 25.1 Å². The summed E-state index contributed by atoms with van der Waals surface area (Å²) in [5.74, 6) is -0.276. The van der Waals surface area contributed by atoms with Crippen molar-refractivity contribution in [3.05, 3.63) is 46.8 Å². The Morgan fingerprint density at radius 2 is 2.05 bits per heavy atom. The normalized spacial score (nSPS) is 10.6. The van der Waals surface area contributed by atoms with Crippen molar-refractivity contribution in [3.8, 4) is 0 Å². The van der Waals surface area contributed by atoms with Crippen LogP contribution in [0.15, 0.2) is 41.3 Å². The summed E-state index contributed by atoms with van der Waals surface area (Å²) in [6.07, 6.45) is 3.50. The molecular weight excluding hydrogens is 242 g/mol. The van der Waals surface area contributed by atoms with Crippen molar-refractivity contribution in [3.63, 3.8) is 0 Å². The smallest absolute Gasteiger partial charge is 0.325 e. The second-order valence-electron chi connectivity index (χ2n) is 4.40. The van der Waals surface area contributed by atoms with E-state index in [4.69, 9.17) is 4.74 Å². The minimum absolute atomic E-state index is 0.0359. The van der Waals surface area contributed by atoms with E-state index >= 15 is 0 Å². The molecular formula is C15H17NO3. The summed E-state index contributed by atoms with van der Waals surface area (Å²) >= 11 is 0. The van der Waals surface area contributed by atoms with E-state index in [9.17, 15) is 9.59 Å². The summed E-state index contributed by atoms with van der Waals surface area (Å²) in [6, 6.07) is 8.72. The number of hydrogen-bond donors (Lipinski definition) is 0. The van der Waals surface area contributed by atoms with E-state index in [2.05, 4.69) is 0 Å².